The Labute approximate surface area is 125 Å². The number of aryl methyl sites for hydroxylation is 1. The summed E-state index contributed by atoms with van der Waals surface area (Å²) in [6.07, 6.45) is 4.49. The van der Waals surface area contributed by atoms with E-state index in [4.69, 9.17) is 4.74 Å². The molecule has 1 aromatic carbocycles. The second-order valence-electron chi connectivity index (χ2n) is 4.84. The largest absolute Gasteiger partial charge is 0.494 e. The van der Waals surface area contributed by atoms with Gasteiger partial charge in [0.05, 0.1) is 7.11 Å². The van der Waals surface area contributed by atoms with Gasteiger partial charge in [-0.1, -0.05) is 13.0 Å². The Bertz CT molecular complexity index is 583. The van der Waals surface area contributed by atoms with Crippen molar-refractivity contribution in [3.63, 3.8) is 0 Å². The number of benzene rings is 1. The van der Waals surface area contributed by atoms with Crippen LogP contribution in [0.3, 0.4) is 0 Å². The first-order valence-electron chi connectivity index (χ1n) is 7.26. The van der Waals surface area contributed by atoms with Gasteiger partial charge in [-0.25, -0.2) is 9.37 Å². The molecule has 0 aliphatic heterocycles. The van der Waals surface area contributed by atoms with Gasteiger partial charge in [-0.2, -0.15) is 0 Å². The zero-order chi connectivity index (χ0) is 15.2. The number of hydrogen-bond donors (Lipinski definition) is 1. The Morgan fingerprint density at radius 2 is 2.19 bits per heavy atom. The lowest BCUT2D eigenvalue weighted by Gasteiger charge is -2.19. The fourth-order valence-electron chi connectivity index (χ4n) is 2.45. The maximum atomic E-state index is 13.9. The number of likely N-dealkylation sites (N-methyl/N-ethyl adjacent to an activating group) is 1. The standard InChI is InChI=1S/C16H22FN3O/c1-4-18-14(11-16-19-8-9-20(16)5-2)12-6-7-15(21-3)13(17)10-12/h6-10,14,18H,4-5,11H2,1-3H3. The fraction of sp³-hybridized carbons (Fsp3) is 0.438. The first kappa shape index (κ1) is 15.5. The van der Waals surface area contributed by atoms with E-state index in [0.29, 0.717) is 0 Å². The maximum absolute atomic E-state index is 13.9. The molecule has 0 spiro atoms. The van der Waals surface area contributed by atoms with Gasteiger partial charge < -0.3 is 14.6 Å². The van der Waals surface area contributed by atoms with E-state index in [1.807, 2.05) is 19.2 Å². The minimum absolute atomic E-state index is 0.0307. The number of nitrogens with zero attached hydrogens (tertiary/aromatic N) is 2. The van der Waals surface area contributed by atoms with Crippen LogP contribution in [0.2, 0.25) is 0 Å². The third-order valence-corrected chi connectivity index (χ3v) is 3.56. The Morgan fingerprint density at radius 3 is 2.81 bits per heavy atom. The van der Waals surface area contributed by atoms with E-state index in [0.717, 1.165) is 30.9 Å². The predicted molar refractivity (Wildman–Crippen MR) is 81.0 cm³/mol. The molecule has 0 aliphatic rings. The predicted octanol–water partition coefficient (Wildman–Crippen LogP) is 2.94. The minimum Gasteiger partial charge on any atom is -0.494 e. The van der Waals surface area contributed by atoms with Crippen LogP contribution in [0.5, 0.6) is 5.75 Å². The summed E-state index contributed by atoms with van der Waals surface area (Å²) in [7, 11) is 1.47. The molecule has 0 saturated carbocycles. The second-order valence-corrected chi connectivity index (χ2v) is 4.84. The molecule has 21 heavy (non-hydrogen) atoms. The van der Waals surface area contributed by atoms with E-state index in [2.05, 4.69) is 21.8 Å². The van der Waals surface area contributed by atoms with Crippen molar-refractivity contribution in [1.29, 1.82) is 0 Å². The van der Waals surface area contributed by atoms with E-state index in [-0.39, 0.29) is 17.6 Å². The molecule has 0 amide bonds. The van der Waals surface area contributed by atoms with Gasteiger partial charge in [0.1, 0.15) is 5.82 Å². The second kappa shape index (κ2) is 7.22. The highest BCUT2D eigenvalue weighted by Crippen LogP contribution is 2.24. The van der Waals surface area contributed by atoms with Gasteiger partial charge in [0.2, 0.25) is 0 Å². The summed E-state index contributed by atoms with van der Waals surface area (Å²) >= 11 is 0. The Morgan fingerprint density at radius 1 is 1.38 bits per heavy atom. The molecular formula is C16H22FN3O. The van der Waals surface area contributed by atoms with Crippen LogP contribution in [-0.2, 0) is 13.0 Å². The van der Waals surface area contributed by atoms with E-state index < -0.39 is 0 Å². The van der Waals surface area contributed by atoms with E-state index in [1.54, 1.807) is 12.3 Å². The van der Waals surface area contributed by atoms with Gasteiger partial charge >= 0.3 is 0 Å². The van der Waals surface area contributed by atoms with Crippen LogP contribution in [0.4, 0.5) is 4.39 Å². The van der Waals surface area contributed by atoms with Gasteiger partial charge in [-0.15, -0.1) is 0 Å². The average Bonchev–Trinajstić information content (AvgIpc) is 2.94. The van der Waals surface area contributed by atoms with Crippen LogP contribution in [0.25, 0.3) is 0 Å². The van der Waals surface area contributed by atoms with Crippen molar-refractivity contribution in [2.45, 2.75) is 32.9 Å². The molecule has 114 valence electrons. The summed E-state index contributed by atoms with van der Waals surface area (Å²) in [5, 5.41) is 3.39. The van der Waals surface area contributed by atoms with Crippen LogP contribution in [0.15, 0.2) is 30.6 Å². The molecule has 2 rings (SSSR count). The molecule has 1 N–H and O–H groups in total. The highest BCUT2D eigenvalue weighted by Gasteiger charge is 2.16. The quantitative estimate of drug-likeness (QED) is 0.852. The zero-order valence-corrected chi connectivity index (χ0v) is 12.8. The fourth-order valence-corrected chi connectivity index (χ4v) is 2.45. The lowest BCUT2D eigenvalue weighted by molar-refractivity contribution is 0.385. The number of methoxy groups -OCH3 is 1. The topological polar surface area (TPSA) is 39.1 Å². The van der Waals surface area contributed by atoms with Gasteiger partial charge in [-0.05, 0) is 31.2 Å². The first-order valence-corrected chi connectivity index (χ1v) is 7.26. The lowest BCUT2D eigenvalue weighted by atomic mass is 10.0. The molecule has 0 radical (unpaired) electrons. The van der Waals surface area contributed by atoms with Gasteiger partial charge in [0, 0.05) is 31.4 Å². The summed E-state index contributed by atoms with van der Waals surface area (Å²) in [6.45, 7) is 5.82. The third kappa shape index (κ3) is 3.61. The van der Waals surface area contributed by atoms with Crippen LogP contribution < -0.4 is 10.1 Å². The van der Waals surface area contributed by atoms with E-state index in [9.17, 15) is 4.39 Å². The molecule has 2 aromatic rings. The van der Waals surface area contributed by atoms with Crippen LogP contribution in [-0.4, -0.2) is 23.2 Å². The lowest BCUT2D eigenvalue weighted by Crippen LogP contribution is -2.24. The van der Waals surface area contributed by atoms with Crippen molar-refractivity contribution >= 4 is 0 Å². The number of hydrogen-bond acceptors (Lipinski definition) is 3. The highest BCUT2D eigenvalue weighted by molar-refractivity contribution is 5.31. The summed E-state index contributed by atoms with van der Waals surface area (Å²) in [6, 6.07) is 5.13. The van der Waals surface area contributed by atoms with Gasteiger partial charge in [-0.3, -0.25) is 0 Å². The number of halogens is 1. The van der Waals surface area contributed by atoms with Crippen molar-refractivity contribution in [2.75, 3.05) is 13.7 Å². The van der Waals surface area contributed by atoms with Crippen LogP contribution in [0.1, 0.15) is 31.3 Å². The molecule has 0 aliphatic carbocycles. The van der Waals surface area contributed by atoms with E-state index >= 15 is 0 Å². The molecule has 4 nitrogen and oxygen atoms in total. The van der Waals surface area contributed by atoms with Crippen molar-refractivity contribution in [3.8, 4) is 5.75 Å². The molecule has 0 fully saturated rings. The SMILES string of the molecule is CCNC(Cc1nccn1CC)c1ccc(OC)c(F)c1. The molecule has 1 heterocycles. The number of nitrogens with one attached hydrogen (secondary N) is 1. The molecule has 5 heteroatoms. The Kier molecular flexibility index (Phi) is 5.33. The van der Waals surface area contributed by atoms with Crippen molar-refractivity contribution in [3.05, 3.63) is 47.8 Å². The number of imidazole rings is 1. The Balaban J connectivity index is 2.24. The van der Waals surface area contributed by atoms with Crippen LogP contribution in [0, 0.1) is 5.82 Å². The molecule has 0 saturated heterocycles. The summed E-state index contributed by atoms with van der Waals surface area (Å²) in [5.74, 6) is 0.931. The zero-order valence-electron chi connectivity index (χ0n) is 12.8. The monoisotopic (exact) mass is 291 g/mol. The number of ether oxygens (including phenoxy) is 1. The van der Waals surface area contributed by atoms with Crippen molar-refractivity contribution < 1.29 is 9.13 Å². The molecule has 1 atom stereocenters. The maximum Gasteiger partial charge on any atom is 0.165 e. The Hall–Kier alpha value is -1.88. The summed E-state index contributed by atoms with van der Waals surface area (Å²) < 4.78 is 21.0. The van der Waals surface area contributed by atoms with Crippen LogP contribution >= 0.6 is 0 Å². The molecular weight excluding hydrogens is 269 g/mol. The van der Waals surface area contributed by atoms with Crippen molar-refractivity contribution in [2.24, 2.45) is 0 Å². The first-order chi connectivity index (χ1) is 10.2. The number of rotatable bonds is 7. The van der Waals surface area contributed by atoms with E-state index in [1.165, 1.54) is 13.2 Å². The molecule has 1 aromatic heterocycles. The van der Waals surface area contributed by atoms with Gasteiger partial charge in [0.15, 0.2) is 11.6 Å². The molecule has 0 bridgehead atoms. The number of aromatic nitrogens is 2. The average molecular weight is 291 g/mol. The minimum atomic E-state index is -0.336. The normalized spacial score (nSPS) is 12.4. The third-order valence-electron chi connectivity index (χ3n) is 3.56. The summed E-state index contributed by atoms with van der Waals surface area (Å²) in [5.41, 5.74) is 0.904. The van der Waals surface area contributed by atoms with Gasteiger partial charge in [0.25, 0.3) is 0 Å². The van der Waals surface area contributed by atoms with Crippen molar-refractivity contribution in [1.82, 2.24) is 14.9 Å². The molecule has 1 unspecified atom stereocenters. The smallest absolute Gasteiger partial charge is 0.165 e. The highest BCUT2D eigenvalue weighted by atomic mass is 19.1. The summed E-state index contributed by atoms with van der Waals surface area (Å²) in [4.78, 5) is 4.40.